The van der Waals surface area contributed by atoms with Gasteiger partial charge in [-0.3, -0.25) is 4.90 Å². The largest absolute Gasteiger partial charge is 0.464 e. The highest BCUT2D eigenvalue weighted by Crippen LogP contribution is 2.22. The minimum absolute atomic E-state index is 0.0437. The van der Waals surface area contributed by atoms with Crippen LogP contribution in [0.15, 0.2) is 47.1 Å². The number of ether oxygens (including phenoxy) is 1. The van der Waals surface area contributed by atoms with Crippen LogP contribution >= 0.6 is 0 Å². The van der Waals surface area contributed by atoms with Gasteiger partial charge in [0.1, 0.15) is 5.76 Å². The standard InChI is InChI=1S/C20H25N3O4/c24-18-14-26-13-17(18)22-8-2-9-23(11-10-22)20(25)21-16-6-4-15(5-7-16)19-3-1-12-27-19/h1,3-7,12,17-18,24H,2,8-11,13-14H2,(H,21,25)/t17-,18-/m0/s1. The highest BCUT2D eigenvalue weighted by molar-refractivity contribution is 5.89. The lowest BCUT2D eigenvalue weighted by molar-refractivity contribution is 0.0845. The molecule has 7 nitrogen and oxygen atoms in total. The van der Waals surface area contributed by atoms with Gasteiger partial charge in [0, 0.05) is 37.4 Å². The first-order valence-electron chi connectivity index (χ1n) is 9.40. The zero-order valence-corrected chi connectivity index (χ0v) is 15.2. The number of urea groups is 1. The third-order valence-electron chi connectivity index (χ3n) is 5.25. The molecule has 0 saturated carbocycles. The molecule has 4 rings (SSSR count). The number of carbonyl (C=O) groups excluding carboxylic acids is 1. The van der Waals surface area contributed by atoms with Gasteiger partial charge < -0.3 is 24.5 Å². The molecule has 2 amide bonds. The molecule has 1 aromatic carbocycles. The fraction of sp³-hybridized carbons (Fsp3) is 0.450. The Labute approximate surface area is 158 Å². The van der Waals surface area contributed by atoms with Gasteiger partial charge in [0.2, 0.25) is 0 Å². The van der Waals surface area contributed by atoms with Crippen molar-refractivity contribution in [1.29, 1.82) is 0 Å². The molecule has 2 atom stereocenters. The van der Waals surface area contributed by atoms with E-state index in [-0.39, 0.29) is 12.1 Å². The van der Waals surface area contributed by atoms with Gasteiger partial charge in [-0.05, 0) is 42.8 Å². The third-order valence-corrected chi connectivity index (χ3v) is 5.25. The molecule has 1 aromatic heterocycles. The molecule has 144 valence electrons. The summed E-state index contributed by atoms with van der Waals surface area (Å²) in [7, 11) is 0. The van der Waals surface area contributed by atoms with Crippen LogP contribution < -0.4 is 5.32 Å². The second kappa shape index (κ2) is 8.12. The Morgan fingerprint density at radius 2 is 1.93 bits per heavy atom. The van der Waals surface area contributed by atoms with Gasteiger partial charge in [0.25, 0.3) is 0 Å². The van der Waals surface area contributed by atoms with E-state index in [1.807, 2.05) is 41.3 Å². The van der Waals surface area contributed by atoms with Gasteiger partial charge in [-0.15, -0.1) is 0 Å². The van der Waals surface area contributed by atoms with Crippen LogP contribution in [0.4, 0.5) is 10.5 Å². The number of hydrogen-bond donors (Lipinski definition) is 2. The van der Waals surface area contributed by atoms with Gasteiger partial charge in [0.05, 0.1) is 31.6 Å². The smallest absolute Gasteiger partial charge is 0.321 e. The Morgan fingerprint density at radius 1 is 1.07 bits per heavy atom. The molecule has 0 bridgehead atoms. The Kier molecular flexibility index (Phi) is 5.42. The maximum atomic E-state index is 12.6. The molecular weight excluding hydrogens is 346 g/mol. The van der Waals surface area contributed by atoms with Crippen molar-refractivity contribution < 1.29 is 19.1 Å². The molecule has 0 aliphatic carbocycles. The van der Waals surface area contributed by atoms with Gasteiger partial charge in [-0.25, -0.2) is 4.79 Å². The molecule has 0 radical (unpaired) electrons. The van der Waals surface area contributed by atoms with Crippen LogP contribution in [0.3, 0.4) is 0 Å². The van der Waals surface area contributed by atoms with Crippen molar-refractivity contribution in [2.45, 2.75) is 18.6 Å². The molecule has 27 heavy (non-hydrogen) atoms. The summed E-state index contributed by atoms with van der Waals surface area (Å²) in [6.45, 7) is 3.92. The number of aliphatic hydroxyl groups is 1. The van der Waals surface area contributed by atoms with Crippen LogP contribution in [-0.4, -0.2) is 72.5 Å². The summed E-state index contributed by atoms with van der Waals surface area (Å²) in [6, 6.07) is 11.3. The van der Waals surface area contributed by atoms with E-state index in [0.717, 1.165) is 36.5 Å². The molecule has 2 aliphatic rings. The number of amides is 2. The van der Waals surface area contributed by atoms with Crippen molar-refractivity contribution in [1.82, 2.24) is 9.80 Å². The lowest BCUT2D eigenvalue weighted by Crippen LogP contribution is -2.45. The summed E-state index contributed by atoms with van der Waals surface area (Å²) in [4.78, 5) is 16.7. The van der Waals surface area contributed by atoms with Crippen LogP contribution in [0.1, 0.15) is 6.42 Å². The second-order valence-electron chi connectivity index (χ2n) is 7.03. The number of rotatable bonds is 3. The molecule has 2 saturated heterocycles. The number of benzene rings is 1. The summed E-state index contributed by atoms with van der Waals surface area (Å²) in [6.07, 6.45) is 2.09. The highest BCUT2D eigenvalue weighted by atomic mass is 16.5. The molecule has 2 aromatic rings. The van der Waals surface area contributed by atoms with Crippen LogP contribution in [-0.2, 0) is 4.74 Å². The van der Waals surface area contributed by atoms with Crippen molar-refractivity contribution >= 4 is 11.7 Å². The number of anilines is 1. The molecule has 2 aliphatic heterocycles. The average Bonchev–Trinajstić information content (AvgIpc) is 3.29. The molecule has 2 fully saturated rings. The molecule has 0 spiro atoms. The Hall–Kier alpha value is -2.35. The van der Waals surface area contributed by atoms with Crippen molar-refractivity contribution in [2.24, 2.45) is 0 Å². The van der Waals surface area contributed by atoms with Crippen molar-refractivity contribution in [3.8, 4) is 11.3 Å². The molecule has 3 heterocycles. The summed E-state index contributed by atoms with van der Waals surface area (Å²) in [5.41, 5.74) is 1.73. The SMILES string of the molecule is O=C(Nc1ccc(-c2ccco2)cc1)N1CCCN([C@H]2COC[C@@H]2O)CC1. The fourth-order valence-electron chi connectivity index (χ4n) is 3.72. The number of carbonyl (C=O) groups is 1. The summed E-state index contributed by atoms with van der Waals surface area (Å²) in [5.74, 6) is 0.804. The molecule has 2 N–H and O–H groups in total. The summed E-state index contributed by atoms with van der Waals surface area (Å²) in [5, 5.41) is 13.0. The fourth-order valence-corrected chi connectivity index (χ4v) is 3.72. The van der Waals surface area contributed by atoms with Crippen molar-refractivity contribution in [3.63, 3.8) is 0 Å². The maximum Gasteiger partial charge on any atom is 0.321 e. The number of nitrogens with zero attached hydrogens (tertiary/aromatic N) is 2. The Morgan fingerprint density at radius 3 is 2.63 bits per heavy atom. The highest BCUT2D eigenvalue weighted by Gasteiger charge is 2.33. The third kappa shape index (κ3) is 4.16. The van der Waals surface area contributed by atoms with Crippen molar-refractivity contribution in [3.05, 3.63) is 42.7 Å². The lowest BCUT2D eigenvalue weighted by atomic mass is 10.1. The van der Waals surface area contributed by atoms with E-state index in [2.05, 4.69) is 10.2 Å². The molecule has 7 heteroatoms. The first-order valence-corrected chi connectivity index (χ1v) is 9.40. The van der Waals surface area contributed by atoms with Crippen LogP contribution in [0.5, 0.6) is 0 Å². The maximum absolute atomic E-state index is 12.6. The number of aliphatic hydroxyl groups excluding tert-OH is 1. The molecule has 0 unspecified atom stereocenters. The predicted octanol–water partition coefficient (Wildman–Crippen LogP) is 2.25. The van der Waals surface area contributed by atoms with Gasteiger partial charge in [-0.2, -0.15) is 0 Å². The van der Waals surface area contributed by atoms with Gasteiger partial charge >= 0.3 is 6.03 Å². The summed E-state index contributed by atoms with van der Waals surface area (Å²) >= 11 is 0. The van der Waals surface area contributed by atoms with Gasteiger partial charge in [0.15, 0.2) is 0 Å². The van der Waals surface area contributed by atoms with Crippen LogP contribution in [0, 0.1) is 0 Å². The van der Waals surface area contributed by atoms with Crippen LogP contribution in [0.2, 0.25) is 0 Å². The van der Waals surface area contributed by atoms with E-state index in [1.165, 1.54) is 0 Å². The van der Waals surface area contributed by atoms with E-state index >= 15 is 0 Å². The van der Waals surface area contributed by atoms with E-state index in [0.29, 0.717) is 26.3 Å². The number of nitrogens with one attached hydrogen (secondary N) is 1. The average molecular weight is 371 g/mol. The molecular formula is C20H25N3O4. The topological polar surface area (TPSA) is 78.2 Å². The number of furan rings is 1. The minimum atomic E-state index is -0.432. The van der Waals surface area contributed by atoms with E-state index in [1.54, 1.807) is 6.26 Å². The zero-order chi connectivity index (χ0) is 18.6. The first-order chi connectivity index (χ1) is 13.2. The zero-order valence-electron chi connectivity index (χ0n) is 15.2. The van der Waals surface area contributed by atoms with E-state index < -0.39 is 6.10 Å². The Bertz CT molecular complexity index is 747. The normalized spacial score (nSPS) is 24.0. The van der Waals surface area contributed by atoms with E-state index in [4.69, 9.17) is 9.15 Å². The first kappa shape index (κ1) is 18.0. The quantitative estimate of drug-likeness (QED) is 0.865. The van der Waals surface area contributed by atoms with Crippen LogP contribution in [0.25, 0.3) is 11.3 Å². The monoisotopic (exact) mass is 371 g/mol. The predicted molar refractivity (Wildman–Crippen MR) is 102 cm³/mol. The lowest BCUT2D eigenvalue weighted by Gasteiger charge is -2.28. The Balaban J connectivity index is 1.33. The summed E-state index contributed by atoms with van der Waals surface area (Å²) < 4.78 is 10.7. The van der Waals surface area contributed by atoms with Crippen molar-refractivity contribution in [2.75, 3.05) is 44.7 Å². The minimum Gasteiger partial charge on any atom is -0.464 e. The van der Waals surface area contributed by atoms with E-state index in [9.17, 15) is 9.90 Å². The number of hydrogen-bond acceptors (Lipinski definition) is 5. The van der Waals surface area contributed by atoms with Gasteiger partial charge in [-0.1, -0.05) is 0 Å². The second-order valence-corrected chi connectivity index (χ2v) is 7.03.